The van der Waals surface area contributed by atoms with Crippen molar-refractivity contribution in [3.63, 3.8) is 0 Å². The predicted molar refractivity (Wildman–Crippen MR) is 124 cm³/mol. The summed E-state index contributed by atoms with van der Waals surface area (Å²) < 4.78 is 25.1. The van der Waals surface area contributed by atoms with Crippen LogP contribution in [0.1, 0.15) is 37.6 Å². The summed E-state index contributed by atoms with van der Waals surface area (Å²) in [6, 6.07) is 8.14. The first-order chi connectivity index (χ1) is 15.8. The van der Waals surface area contributed by atoms with Crippen LogP contribution in [0.5, 0.6) is 23.0 Å². The number of ether oxygens (including phenoxy) is 4. The lowest BCUT2D eigenvalue weighted by atomic mass is 9.83. The van der Waals surface area contributed by atoms with Crippen LogP contribution in [0.25, 0.3) is 27.6 Å². The van der Waals surface area contributed by atoms with Gasteiger partial charge in [-0.2, -0.15) is 4.57 Å². The van der Waals surface area contributed by atoms with Crippen LogP contribution in [0.2, 0.25) is 0 Å². The highest BCUT2D eigenvalue weighted by Crippen LogP contribution is 2.47. The molecule has 0 atom stereocenters. The number of halogens is 1. The van der Waals surface area contributed by atoms with Crippen molar-refractivity contribution in [2.45, 2.75) is 40.7 Å². The average Bonchev–Trinajstić information content (AvgIpc) is 3.44. The smallest absolute Gasteiger partial charge is 0.231 e. The van der Waals surface area contributed by atoms with Crippen molar-refractivity contribution in [1.29, 1.82) is 0 Å². The highest BCUT2D eigenvalue weighted by Gasteiger charge is 2.39. The van der Waals surface area contributed by atoms with E-state index in [2.05, 4.69) is 36.3 Å². The van der Waals surface area contributed by atoms with E-state index in [0.29, 0.717) is 17.1 Å². The van der Waals surface area contributed by atoms with Gasteiger partial charge in [-0.1, -0.05) is 27.4 Å². The number of aryl methyl sites for hydroxylation is 2. The fourth-order valence-electron chi connectivity index (χ4n) is 5.19. The topological polar surface area (TPSA) is 57.9 Å². The van der Waals surface area contributed by atoms with Crippen molar-refractivity contribution in [2.24, 2.45) is 5.41 Å². The molecule has 1 aromatic heterocycles. The number of hydrogen-bond acceptors (Lipinski definition) is 5. The largest absolute Gasteiger partial charge is 1.00 e. The molecule has 0 radical (unpaired) electrons. The molecule has 34 heavy (non-hydrogen) atoms. The Morgan fingerprint density at radius 1 is 1.00 bits per heavy atom. The third kappa shape index (κ3) is 3.08. The standard InChI is InChI=1S/C27H26NO5.ClH/c1-14-17-6-7-19-25(33-13-30-19)22(17)24(15(2)26(29)27(3,4)5)28-9-8-16-10-20-21(32-12-31-20)11-18(16)23(14)28;/h6-7,10-11H,2,8-9,12-13H2,1,3-5H3;1H/q+1;/p-1. The van der Waals surface area contributed by atoms with Gasteiger partial charge in [0, 0.05) is 22.8 Å². The molecule has 2 aromatic carbocycles. The number of carbonyl (C=O) groups is 1. The second kappa shape index (κ2) is 7.64. The summed E-state index contributed by atoms with van der Waals surface area (Å²) in [7, 11) is 0. The van der Waals surface area contributed by atoms with Crippen LogP contribution < -0.4 is 35.9 Å². The molecule has 3 aliphatic heterocycles. The van der Waals surface area contributed by atoms with Crippen LogP contribution in [-0.4, -0.2) is 19.4 Å². The number of ketones is 1. The molecular formula is C27H26ClNO5. The Labute approximate surface area is 204 Å². The maximum atomic E-state index is 13.5. The first-order valence-electron chi connectivity index (χ1n) is 11.2. The van der Waals surface area contributed by atoms with Gasteiger partial charge in [-0.05, 0) is 36.8 Å². The highest BCUT2D eigenvalue weighted by molar-refractivity contribution is 6.24. The highest BCUT2D eigenvalue weighted by atomic mass is 35.5. The Morgan fingerprint density at radius 3 is 2.41 bits per heavy atom. The molecule has 7 heteroatoms. The number of benzene rings is 2. The maximum absolute atomic E-state index is 13.5. The van der Waals surface area contributed by atoms with Crippen LogP contribution in [0.3, 0.4) is 0 Å². The zero-order valence-corrected chi connectivity index (χ0v) is 20.5. The molecule has 0 saturated carbocycles. The minimum absolute atomic E-state index is 0. The third-order valence-electron chi connectivity index (χ3n) is 6.77. The van der Waals surface area contributed by atoms with E-state index in [1.807, 2.05) is 26.8 Å². The Morgan fingerprint density at radius 2 is 1.68 bits per heavy atom. The molecule has 0 saturated heterocycles. The first-order valence-corrected chi connectivity index (χ1v) is 11.2. The van der Waals surface area contributed by atoms with E-state index in [4.69, 9.17) is 18.9 Å². The van der Waals surface area contributed by atoms with Gasteiger partial charge in [-0.15, -0.1) is 0 Å². The lowest BCUT2D eigenvalue weighted by Gasteiger charge is -2.24. The Balaban J connectivity index is 0.00000241. The van der Waals surface area contributed by atoms with E-state index in [0.717, 1.165) is 57.8 Å². The molecule has 176 valence electrons. The molecule has 0 N–H and O–H groups in total. The molecule has 6 nitrogen and oxygen atoms in total. The van der Waals surface area contributed by atoms with E-state index in [9.17, 15) is 4.79 Å². The number of carbonyl (C=O) groups excluding carboxylic acids is 1. The number of nitrogens with zero attached hydrogens (tertiary/aromatic N) is 1. The van der Waals surface area contributed by atoms with Crippen molar-refractivity contribution in [1.82, 2.24) is 0 Å². The Hall–Kier alpha value is -3.25. The van der Waals surface area contributed by atoms with E-state index < -0.39 is 5.41 Å². The fraction of sp³-hybridized carbons (Fsp3) is 0.333. The number of hydrogen-bond donors (Lipinski definition) is 0. The summed E-state index contributed by atoms with van der Waals surface area (Å²) in [5.74, 6) is 2.92. The minimum Gasteiger partial charge on any atom is -1.00 e. The molecule has 0 spiro atoms. The molecule has 6 rings (SSSR count). The minimum atomic E-state index is -0.560. The molecule has 0 amide bonds. The van der Waals surface area contributed by atoms with Crippen LogP contribution in [-0.2, 0) is 17.8 Å². The summed E-state index contributed by atoms with van der Waals surface area (Å²) in [6.45, 7) is 13.3. The number of fused-ring (bicyclic) bond motifs is 7. The third-order valence-corrected chi connectivity index (χ3v) is 6.77. The monoisotopic (exact) mass is 479 g/mol. The number of Topliss-reactive ketones (excluding diaryl/α,β-unsaturated/α-hetero) is 1. The van der Waals surface area contributed by atoms with E-state index in [-0.39, 0.29) is 31.8 Å². The van der Waals surface area contributed by atoms with Gasteiger partial charge in [0.25, 0.3) is 0 Å². The lowest BCUT2D eigenvalue weighted by Crippen LogP contribution is -3.00. The summed E-state index contributed by atoms with van der Waals surface area (Å²) in [4.78, 5) is 13.5. The number of aromatic nitrogens is 1. The molecule has 3 aromatic rings. The van der Waals surface area contributed by atoms with E-state index in [1.54, 1.807) is 0 Å². The van der Waals surface area contributed by atoms with Crippen molar-refractivity contribution < 1.29 is 40.7 Å². The lowest BCUT2D eigenvalue weighted by molar-refractivity contribution is -0.688. The van der Waals surface area contributed by atoms with E-state index in [1.165, 1.54) is 5.56 Å². The van der Waals surface area contributed by atoms with Crippen molar-refractivity contribution >= 4 is 22.1 Å². The summed E-state index contributed by atoms with van der Waals surface area (Å²) in [6.07, 6.45) is 0.810. The number of rotatable bonds is 2. The predicted octanol–water partition coefficient (Wildman–Crippen LogP) is 1.75. The van der Waals surface area contributed by atoms with Gasteiger partial charge in [-0.3, -0.25) is 4.79 Å². The van der Waals surface area contributed by atoms with Gasteiger partial charge in [-0.25, -0.2) is 0 Å². The van der Waals surface area contributed by atoms with Crippen LogP contribution in [0.4, 0.5) is 0 Å². The Kier molecular flexibility index (Phi) is 5.06. The van der Waals surface area contributed by atoms with Gasteiger partial charge < -0.3 is 31.4 Å². The van der Waals surface area contributed by atoms with Gasteiger partial charge in [0.15, 0.2) is 35.3 Å². The molecule has 0 aliphatic carbocycles. The van der Waals surface area contributed by atoms with Gasteiger partial charge >= 0.3 is 0 Å². The molecular weight excluding hydrogens is 454 g/mol. The fourth-order valence-corrected chi connectivity index (χ4v) is 5.19. The van der Waals surface area contributed by atoms with Gasteiger partial charge in [0.05, 0.1) is 11.1 Å². The van der Waals surface area contributed by atoms with Crippen LogP contribution in [0, 0.1) is 12.3 Å². The zero-order chi connectivity index (χ0) is 23.1. The summed E-state index contributed by atoms with van der Waals surface area (Å²) in [5.41, 5.74) is 5.22. The quantitative estimate of drug-likeness (QED) is 0.414. The first kappa shape index (κ1) is 22.5. The van der Waals surface area contributed by atoms with Gasteiger partial charge in [0.1, 0.15) is 5.39 Å². The molecule has 3 aliphatic rings. The maximum Gasteiger partial charge on any atom is 0.231 e. The van der Waals surface area contributed by atoms with Crippen molar-refractivity contribution in [3.8, 4) is 34.3 Å². The Bertz CT molecular complexity index is 1400. The zero-order valence-electron chi connectivity index (χ0n) is 19.7. The molecule has 0 unspecified atom stereocenters. The SMILES string of the molecule is C=C(C(=O)C(C)(C)C)c1c2c3c(ccc2c(C)c2[n+]1CCc1cc4c(cc1-2)OCO4)OCO3.[Cl-]. The second-order valence-corrected chi connectivity index (χ2v) is 9.87. The molecule has 4 heterocycles. The summed E-state index contributed by atoms with van der Waals surface area (Å²) >= 11 is 0. The number of allylic oxidation sites excluding steroid dienone is 1. The van der Waals surface area contributed by atoms with Crippen molar-refractivity contribution in [2.75, 3.05) is 13.6 Å². The van der Waals surface area contributed by atoms with Crippen LogP contribution in [0.15, 0.2) is 30.8 Å². The second-order valence-electron chi connectivity index (χ2n) is 9.87. The molecule has 0 bridgehead atoms. The summed E-state index contributed by atoms with van der Waals surface area (Å²) in [5, 5.41) is 1.91. The van der Waals surface area contributed by atoms with Gasteiger partial charge in [0.2, 0.25) is 25.0 Å². The van der Waals surface area contributed by atoms with E-state index >= 15 is 0 Å². The normalized spacial score (nSPS) is 14.9. The van der Waals surface area contributed by atoms with Crippen molar-refractivity contribution in [3.05, 3.63) is 47.7 Å². The number of pyridine rings is 1. The van der Waals surface area contributed by atoms with Crippen LogP contribution >= 0.6 is 0 Å². The average molecular weight is 480 g/mol. The molecule has 0 fully saturated rings.